The Kier molecular flexibility index (Phi) is 7.32. The molecule has 0 amide bonds. The van der Waals surface area contributed by atoms with Gasteiger partial charge in [-0.1, -0.05) is 41.6 Å². The minimum atomic E-state index is -1.04. The molecular weight excluding hydrogens is 446 g/mol. The van der Waals surface area contributed by atoms with Crippen molar-refractivity contribution in [1.82, 2.24) is 10.1 Å². The molecule has 33 heavy (non-hydrogen) atoms. The molecule has 1 aromatic heterocycles. The number of phenolic OH excluding ortho intramolecular Hbond substituents is 1. The van der Waals surface area contributed by atoms with Crippen LogP contribution in [0.4, 0.5) is 0 Å². The van der Waals surface area contributed by atoms with Crippen LogP contribution < -0.4 is 10.5 Å². The number of hydrogen-bond acceptors (Lipinski definition) is 7. The number of nitrogens with two attached hydrogens (primary N) is 1. The number of halogens is 1. The Balaban J connectivity index is 0.00000306. The molecule has 0 radical (unpaired) electrons. The molecule has 3 aromatic carbocycles. The van der Waals surface area contributed by atoms with Crippen LogP contribution in [-0.4, -0.2) is 39.5 Å². The molecule has 0 fully saturated rings. The Bertz CT molecular complexity index is 1240. The number of benzene rings is 3. The van der Waals surface area contributed by atoms with Gasteiger partial charge in [-0.3, -0.25) is 4.79 Å². The molecule has 0 saturated heterocycles. The second-order valence-corrected chi connectivity index (χ2v) is 7.23. The molecule has 4 aromatic rings. The van der Waals surface area contributed by atoms with E-state index in [-0.39, 0.29) is 24.6 Å². The first-order valence-corrected chi connectivity index (χ1v) is 9.84. The fourth-order valence-corrected chi connectivity index (χ4v) is 3.30. The lowest BCUT2D eigenvalue weighted by molar-refractivity contribution is -0.138. The van der Waals surface area contributed by atoms with Gasteiger partial charge in [0.15, 0.2) is 0 Å². The van der Waals surface area contributed by atoms with Crippen LogP contribution in [0.15, 0.2) is 71.3 Å². The summed E-state index contributed by atoms with van der Waals surface area (Å²) in [5.74, 6) is 0.544. The normalized spacial score (nSPS) is 11.5. The van der Waals surface area contributed by atoms with Crippen molar-refractivity contribution in [2.45, 2.75) is 12.5 Å². The first kappa shape index (κ1) is 23.8. The number of aliphatic carboxylic acids is 1. The highest BCUT2D eigenvalue weighted by Gasteiger charge is 2.17. The summed E-state index contributed by atoms with van der Waals surface area (Å²) in [4.78, 5) is 15.5. The largest absolute Gasteiger partial charge is 0.508 e. The van der Waals surface area contributed by atoms with Gasteiger partial charge in [-0.15, -0.1) is 12.4 Å². The lowest BCUT2D eigenvalue weighted by atomic mass is 9.99. The Hall–Kier alpha value is -3.88. The number of phenols is 1. The summed E-state index contributed by atoms with van der Waals surface area (Å²) >= 11 is 0. The molecule has 0 aliphatic heterocycles. The van der Waals surface area contributed by atoms with Crippen LogP contribution in [0.5, 0.6) is 11.5 Å². The maximum absolute atomic E-state index is 10.9. The van der Waals surface area contributed by atoms with Crippen molar-refractivity contribution >= 4 is 18.4 Å². The number of ether oxygens (including phenoxy) is 1. The van der Waals surface area contributed by atoms with Gasteiger partial charge in [0.2, 0.25) is 5.82 Å². The molecule has 1 atom stereocenters. The molecule has 0 bridgehead atoms. The topological polar surface area (TPSA) is 132 Å². The average Bonchev–Trinajstić information content (AvgIpc) is 3.29. The van der Waals surface area contributed by atoms with Gasteiger partial charge in [0.1, 0.15) is 17.5 Å². The fourth-order valence-electron chi connectivity index (χ4n) is 3.30. The zero-order chi connectivity index (χ0) is 22.7. The standard InChI is InChI=1S/C24H21N3O5.ClH/c1-31-18-10-11-19(20(13-18)15-6-8-17(28)9-7-15)23-26-22(27-32-23)16-4-2-14(3-5-16)12-21(25)24(29)30;/h2-11,13,21,28H,12,25H2,1H3,(H,29,30);1H/t21-;/m0./s1. The summed E-state index contributed by atoms with van der Waals surface area (Å²) in [6.07, 6.45) is 0.231. The van der Waals surface area contributed by atoms with Crippen LogP contribution in [-0.2, 0) is 11.2 Å². The van der Waals surface area contributed by atoms with Crippen LogP contribution in [0, 0.1) is 0 Å². The first-order valence-electron chi connectivity index (χ1n) is 9.84. The number of aromatic nitrogens is 2. The van der Waals surface area contributed by atoms with Crippen LogP contribution in [0.2, 0.25) is 0 Å². The number of rotatable bonds is 7. The van der Waals surface area contributed by atoms with Gasteiger partial charge in [-0.05, 0) is 53.4 Å². The van der Waals surface area contributed by atoms with E-state index in [1.807, 2.05) is 18.2 Å². The summed E-state index contributed by atoms with van der Waals surface area (Å²) in [5.41, 5.74) is 9.52. The smallest absolute Gasteiger partial charge is 0.320 e. The third kappa shape index (κ3) is 5.31. The molecule has 170 valence electrons. The number of hydrogen-bond donors (Lipinski definition) is 3. The van der Waals surface area contributed by atoms with E-state index in [2.05, 4.69) is 10.1 Å². The van der Waals surface area contributed by atoms with Crippen molar-refractivity contribution in [2.75, 3.05) is 7.11 Å². The van der Waals surface area contributed by atoms with E-state index in [0.29, 0.717) is 17.5 Å². The van der Waals surface area contributed by atoms with E-state index in [1.54, 1.807) is 55.6 Å². The lowest BCUT2D eigenvalue weighted by Crippen LogP contribution is -2.32. The van der Waals surface area contributed by atoms with E-state index < -0.39 is 12.0 Å². The van der Waals surface area contributed by atoms with E-state index in [1.165, 1.54) is 0 Å². The fraction of sp³-hybridized carbons (Fsp3) is 0.125. The molecule has 0 unspecified atom stereocenters. The molecule has 0 aliphatic carbocycles. The van der Waals surface area contributed by atoms with Gasteiger partial charge in [0.25, 0.3) is 5.89 Å². The summed E-state index contributed by atoms with van der Waals surface area (Å²) in [6, 6.07) is 18.6. The molecule has 4 N–H and O–H groups in total. The van der Waals surface area contributed by atoms with E-state index in [9.17, 15) is 9.90 Å². The Labute approximate surface area is 196 Å². The first-order chi connectivity index (χ1) is 15.4. The minimum Gasteiger partial charge on any atom is -0.508 e. The minimum absolute atomic E-state index is 0. The third-order valence-electron chi connectivity index (χ3n) is 5.05. The van der Waals surface area contributed by atoms with Crippen LogP contribution >= 0.6 is 12.4 Å². The van der Waals surface area contributed by atoms with Gasteiger partial charge in [0, 0.05) is 11.1 Å². The average molecular weight is 468 g/mol. The van der Waals surface area contributed by atoms with Crippen molar-refractivity contribution in [3.8, 4) is 45.5 Å². The Morgan fingerprint density at radius 2 is 1.70 bits per heavy atom. The highest BCUT2D eigenvalue weighted by Crippen LogP contribution is 2.35. The SMILES string of the molecule is COc1ccc(-c2nc(-c3ccc(C[C@H](N)C(=O)O)cc3)no2)c(-c2ccc(O)cc2)c1.Cl. The van der Waals surface area contributed by atoms with Gasteiger partial charge in [-0.2, -0.15) is 4.98 Å². The molecule has 0 saturated carbocycles. The monoisotopic (exact) mass is 467 g/mol. The summed E-state index contributed by atoms with van der Waals surface area (Å²) in [5, 5.41) is 22.7. The van der Waals surface area contributed by atoms with Gasteiger partial charge in [0.05, 0.1) is 7.11 Å². The van der Waals surface area contributed by atoms with Crippen molar-refractivity contribution in [2.24, 2.45) is 5.73 Å². The predicted molar refractivity (Wildman–Crippen MR) is 125 cm³/mol. The number of aromatic hydroxyl groups is 1. The molecule has 4 rings (SSSR count). The number of nitrogens with zero attached hydrogens (tertiary/aromatic N) is 2. The second kappa shape index (κ2) is 10.2. The molecule has 0 spiro atoms. The van der Waals surface area contributed by atoms with Crippen LogP contribution in [0.25, 0.3) is 34.0 Å². The zero-order valence-corrected chi connectivity index (χ0v) is 18.5. The van der Waals surface area contributed by atoms with Gasteiger partial charge >= 0.3 is 5.97 Å². The van der Waals surface area contributed by atoms with E-state index >= 15 is 0 Å². The summed E-state index contributed by atoms with van der Waals surface area (Å²) < 4.78 is 10.9. The molecule has 1 heterocycles. The highest BCUT2D eigenvalue weighted by molar-refractivity contribution is 5.85. The van der Waals surface area contributed by atoms with Gasteiger partial charge < -0.3 is 25.2 Å². The second-order valence-electron chi connectivity index (χ2n) is 7.23. The number of methoxy groups -OCH3 is 1. The highest BCUT2D eigenvalue weighted by atomic mass is 35.5. The predicted octanol–water partition coefficient (Wildman–Crippen LogP) is 4.16. The number of carbonyl (C=O) groups is 1. The molecule has 0 aliphatic rings. The van der Waals surface area contributed by atoms with Gasteiger partial charge in [-0.25, -0.2) is 0 Å². The van der Waals surface area contributed by atoms with Crippen molar-refractivity contribution in [1.29, 1.82) is 0 Å². The lowest BCUT2D eigenvalue weighted by Gasteiger charge is -2.09. The summed E-state index contributed by atoms with van der Waals surface area (Å²) in [6.45, 7) is 0. The van der Waals surface area contributed by atoms with Crippen molar-refractivity contribution in [3.05, 3.63) is 72.3 Å². The summed E-state index contributed by atoms with van der Waals surface area (Å²) in [7, 11) is 1.59. The third-order valence-corrected chi connectivity index (χ3v) is 5.05. The van der Waals surface area contributed by atoms with Crippen molar-refractivity contribution < 1.29 is 24.3 Å². The maximum atomic E-state index is 10.9. The Morgan fingerprint density at radius 1 is 1.03 bits per heavy atom. The molecular formula is C24H22ClN3O5. The van der Waals surface area contributed by atoms with Crippen LogP contribution in [0.3, 0.4) is 0 Å². The Morgan fingerprint density at radius 3 is 2.33 bits per heavy atom. The van der Waals surface area contributed by atoms with Crippen LogP contribution in [0.1, 0.15) is 5.56 Å². The van der Waals surface area contributed by atoms with E-state index in [0.717, 1.165) is 27.8 Å². The van der Waals surface area contributed by atoms with E-state index in [4.69, 9.17) is 20.1 Å². The maximum Gasteiger partial charge on any atom is 0.320 e. The van der Waals surface area contributed by atoms with Crippen molar-refractivity contribution in [3.63, 3.8) is 0 Å². The number of carboxylic acids is 1. The molecule has 8 nitrogen and oxygen atoms in total. The zero-order valence-electron chi connectivity index (χ0n) is 17.6. The quantitative estimate of drug-likeness (QED) is 0.369. The number of carboxylic acid groups (broad SMARTS) is 1. The molecule has 9 heteroatoms.